The van der Waals surface area contributed by atoms with E-state index in [1.165, 1.54) is 0 Å². The molecule has 0 amide bonds. The molecule has 2 nitrogen and oxygen atoms in total. The van der Waals surface area contributed by atoms with Crippen LogP contribution in [0.3, 0.4) is 0 Å². The Kier molecular flexibility index (Phi) is 2.70. The van der Waals surface area contributed by atoms with Gasteiger partial charge in [-0.25, -0.2) is 9.37 Å². The highest BCUT2D eigenvalue weighted by Crippen LogP contribution is 2.30. The Morgan fingerprint density at radius 2 is 2.19 bits per heavy atom. The second-order valence-corrected chi connectivity index (χ2v) is 4.46. The van der Waals surface area contributed by atoms with Crippen LogP contribution in [0.5, 0.6) is 0 Å². The first-order chi connectivity index (χ1) is 7.56. The molecular formula is C13H17FN2. The highest BCUT2D eigenvalue weighted by Gasteiger charge is 2.17. The van der Waals surface area contributed by atoms with Crippen LogP contribution in [-0.4, -0.2) is 9.55 Å². The number of rotatable bonds is 2. The zero-order valence-corrected chi connectivity index (χ0v) is 10.2. The molecule has 0 spiro atoms. The van der Waals surface area contributed by atoms with Crippen LogP contribution >= 0.6 is 0 Å². The molecule has 0 saturated carbocycles. The molecule has 0 aliphatic heterocycles. The number of halogens is 1. The van der Waals surface area contributed by atoms with Gasteiger partial charge in [-0.3, -0.25) is 0 Å². The molecule has 0 aromatic carbocycles. The quantitative estimate of drug-likeness (QED) is 0.757. The number of hydrogen-bond donors (Lipinski definition) is 0. The molecule has 0 radical (unpaired) electrons. The topological polar surface area (TPSA) is 17.8 Å². The van der Waals surface area contributed by atoms with Crippen molar-refractivity contribution in [3.63, 3.8) is 0 Å². The fraction of sp³-hybridized carbons (Fsp3) is 0.462. The zero-order chi connectivity index (χ0) is 11.9. The fourth-order valence-electron chi connectivity index (χ4n) is 2.03. The monoisotopic (exact) mass is 220 g/mol. The summed E-state index contributed by atoms with van der Waals surface area (Å²) in [6, 6.07) is 0. The van der Waals surface area contributed by atoms with Gasteiger partial charge in [0.05, 0.1) is 5.39 Å². The predicted octanol–water partition coefficient (Wildman–Crippen LogP) is 3.53. The lowest BCUT2D eigenvalue weighted by atomic mass is 9.98. The van der Waals surface area contributed by atoms with Crippen LogP contribution in [0.15, 0.2) is 12.4 Å². The summed E-state index contributed by atoms with van der Waals surface area (Å²) in [5.41, 5.74) is 2.41. The van der Waals surface area contributed by atoms with Gasteiger partial charge in [0, 0.05) is 25.0 Å². The standard InChI is InChI=1S/C13H17FN2/c1-5-8(2)10-7-16(4)13-11(10)12(14)9(3)6-15-13/h6-8H,5H2,1-4H3. The van der Waals surface area contributed by atoms with Crippen molar-refractivity contribution in [3.8, 4) is 0 Å². The maximum atomic E-state index is 14.1. The Hall–Kier alpha value is -1.38. The zero-order valence-electron chi connectivity index (χ0n) is 10.2. The molecule has 1 atom stereocenters. The predicted molar refractivity (Wildman–Crippen MR) is 64.1 cm³/mol. The smallest absolute Gasteiger partial charge is 0.142 e. The average molecular weight is 220 g/mol. The maximum Gasteiger partial charge on any atom is 0.142 e. The van der Waals surface area contributed by atoms with E-state index in [1.54, 1.807) is 13.1 Å². The molecule has 0 fully saturated rings. The second-order valence-electron chi connectivity index (χ2n) is 4.46. The molecule has 3 heteroatoms. The molecule has 2 aromatic rings. The van der Waals surface area contributed by atoms with Crippen molar-refractivity contribution in [3.05, 3.63) is 29.3 Å². The molecule has 2 heterocycles. The van der Waals surface area contributed by atoms with Crippen molar-refractivity contribution in [2.24, 2.45) is 7.05 Å². The van der Waals surface area contributed by atoms with E-state index in [1.807, 2.05) is 17.8 Å². The van der Waals surface area contributed by atoms with Crippen LogP contribution in [0.25, 0.3) is 11.0 Å². The van der Waals surface area contributed by atoms with Crippen LogP contribution in [0.4, 0.5) is 4.39 Å². The normalized spacial score (nSPS) is 13.3. The SMILES string of the molecule is CCC(C)c1cn(C)c2ncc(C)c(F)c12. The van der Waals surface area contributed by atoms with Crippen LogP contribution in [-0.2, 0) is 7.05 Å². The first kappa shape index (κ1) is 11.1. The molecule has 2 aromatic heterocycles. The van der Waals surface area contributed by atoms with Crippen molar-refractivity contribution >= 4 is 11.0 Å². The van der Waals surface area contributed by atoms with Gasteiger partial charge in [-0.05, 0) is 24.8 Å². The molecule has 0 bridgehead atoms. The van der Waals surface area contributed by atoms with E-state index >= 15 is 0 Å². The summed E-state index contributed by atoms with van der Waals surface area (Å²) in [6.07, 6.45) is 4.60. The molecule has 2 rings (SSSR count). The van der Waals surface area contributed by atoms with Gasteiger partial charge in [0.2, 0.25) is 0 Å². The largest absolute Gasteiger partial charge is 0.335 e. The molecule has 86 valence electrons. The molecule has 16 heavy (non-hydrogen) atoms. The Labute approximate surface area is 95.1 Å². The first-order valence-corrected chi connectivity index (χ1v) is 5.66. The lowest BCUT2D eigenvalue weighted by Crippen LogP contribution is -1.93. The van der Waals surface area contributed by atoms with Crippen molar-refractivity contribution in [1.29, 1.82) is 0 Å². The van der Waals surface area contributed by atoms with Gasteiger partial charge in [0.25, 0.3) is 0 Å². The average Bonchev–Trinajstić information content (AvgIpc) is 2.61. The maximum absolute atomic E-state index is 14.1. The summed E-state index contributed by atoms with van der Waals surface area (Å²) in [6.45, 7) is 6.00. The minimum absolute atomic E-state index is 0.124. The molecule has 0 aliphatic carbocycles. The van der Waals surface area contributed by atoms with Gasteiger partial charge in [-0.2, -0.15) is 0 Å². The molecule has 0 aliphatic rings. The third kappa shape index (κ3) is 1.51. The molecule has 0 N–H and O–H groups in total. The number of pyridine rings is 1. The third-order valence-electron chi connectivity index (χ3n) is 3.27. The number of fused-ring (bicyclic) bond motifs is 1. The van der Waals surface area contributed by atoms with Crippen LogP contribution in [0, 0.1) is 12.7 Å². The van der Waals surface area contributed by atoms with Crippen LogP contribution < -0.4 is 0 Å². The van der Waals surface area contributed by atoms with E-state index in [9.17, 15) is 4.39 Å². The van der Waals surface area contributed by atoms with E-state index in [-0.39, 0.29) is 5.82 Å². The summed E-state index contributed by atoms with van der Waals surface area (Å²) < 4.78 is 16.0. The minimum atomic E-state index is -0.124. The summed E-state index contributed by atoms with van der Waals surface area (Å²) in [5.74, 6) is 0.239. The molecule has 0 saturated heterocycles. The lowest BCUT2D eigenvalue weighted by molar-refractivity contribution is 0.625. The van der Waals surface area contributed by atoms with E-state index in [4.69, 9.17) is 0 Å². The van der Waals surface area contributed by atoms with Crippen molar-refractivity contribution in [2.45, 2.75) is 33.1 Å². The van der Waals surface area contributed by atoms with Gasteiger partial charge >= 0.3 is 0 Å². The van der Waals surface area contributed by atoms with Crippen LogP contribution in [0.2, 0.25) is 0 Å². The number of hydrogen-bond acceptors (Lipinski definition) is 1. The Bertz CT molecular complexity index is 528. The highest BCUT2D eigenvalue weighted by atomic mass is 19.1. The Balaban J connectivity index is 2.80. The minimum Gasteiger partial charge on any atom is -0.335 e. The molecule has 1 unspecified atom stereocenters. The fourth-order valence-corrected chi connectivity index (χ4v) is 2.03. The summed E-state index contributed by atoms with van der Waals surface area (Å²) in [5, 5.41) is 0.692. The Morgan fingerprint density at radius 1 is 1.50 bits per heavy atom. The van der Waals surface area contributed by atoms with Crippen molar-refractivity contribution < 1.29 is 4.39 Å². The first-order valence-electron chi connectivity index (χ1n) is 5.66. The van der Waals surface area contributed by atoms with Gasteiger partial charge < -0.3 is 4.57 Å². The van der Waals surface area contributed by atoms with E-state index in [0.29, 0.717) is 16.9 Å². The van der Waals surface area contributed by atoms with Crippen LogP contribution in [0.1, 0.15) is 37.3 Å². The summed E-state index contributed by atoms with van der Waals surface area (Å²) in [7, 11) is 1.91. The third-order valence-corrected chi connectivity index (χ3v) is 3.27. The number of aryl methyl sites for hydroxylation is 2. The number of aromatic nitrogens is 2. The molecular weight excluding hydrogens is 203 g/mol. The second kappa shape index (κ2) is 3.89. The van der Waals surface area contributed by atoms with Gasteiger partial charge in [0.1, 0.15) is 11.5 Å². The Morgan fingerprint density at radius 3 is 2.81 bits per heavy atom. The van der Waals surface area contributed by atoms with E-state index in [0.717, 1.165) is 17.6 Å². The van der Waals surface area contributed by atoms with Crippen molar-refractivity contribution in [2.75, 3.05) is 0 Å². The van der Waals surface area contributed by atoms with Gasteiger partial charge in [-0.15, -0.1) is 0 Å². The van der Waals surface area contributed by atoms with E-state index in [2.05, 4.69) is 18.8 Å². The highest BCUT2D eigenvalue weighted by molar-refractivity contribution is 5.82. The summed E-state index contributed by atoms with van der Waals surface area (Å²) in [4.78, 5) is 4.30. The number of nitrogens with zero attached hydrogens (tertiary/aromatic N) is 2. The lowest BCUT2D eigenvalue weighted by Gasteiger charge is -2.07. The summed E-state index contributed by atoms with van der Waals surface area (Å²) >= 11 is 0. The van der Waals surface area contributed by atoms with Gasteiger partial charge in [0.15, 0.2) is 0 Å². The van der Waals surface area contributed by atoms with E-state index < -0.39 is 0 Å². The van der Waals surface area contributed by atoms with Gasteiger partial charge in [-0.1, -0.05) is 13.8 Å². The van der Waals surface area contributed by atoms with Crippen molar-refractivity contribution in [1.82, 2.24) is 9.55 Å².